The summed E-state index contributed by atoms with van der Waals surface area (Å²) in [5.41, 5.74) is 0.373. The highest BCUT2D eigenvalue weighted by molar-refractivity contribution is 5.05. The molecule has 1 saturated heterocycles. The molecule has 0 aromatic rings. The molecule has 0 amide bonds. The summed E-state index contributed by atoms with van der Waals surface area (Å²) in [7, 11) is 0. The van der Waals surface area contributed by atoms with Gasteiger partial charge in [0.15, 0.2) is 0 Å². The van der Waals surface area contributed by atoms with Crippen LogP contribution in [0.2, 0.25) is 0 Å². The second-order valence-corrected chi connectivity index (χ2v) is 3.82. The minimum absolute atomic E-state index is 0.373. The molecule has 1 aliphatic heterocycles. The molecule has 1 atom stereocenters. The van der Waals surface area contributed by atoms with Gasteiger partial charge in [-0.1, -0.05) is 25.3 Å². The summed E-state index contributed by atoms with van der Waals surface area (Å²) < 4.78 is 5.37. The van der Waals surface area contributed by atoms with Crippen LogP contribution in [0.15, 0.2) is 12.7 Å². The van der Waals surface area contributed by atoms with Gasteiger partial charge in [-0.05, 0) is 12.8 Å². The van der Waals surface area contributed by atoms with Gasteiger partial charge >= 0.3 is 0 Å². The smallest absolute Gasteiger partial charge is 0.0900 e. The molecule has 2 aliphatic rings. The molecular formula is C10H16O. The van der Waals surface area contributed by atoms with Gasteiger partial charge in [0.1, 0.15) is 0 Å². The quantitative estimate of drug-likeness (QED) is 0.437. The van der Waals surface area contributed by atoms with Crippen molar-refractivity contribution in [3.05, 3.63) is 12.7 Å². The first-order valence-electron chi connectivity index (χ1n) is 4.63. The summed E-state index contributed by atoms with van der Waals surface area (Å²) >= 11 is 0. The van der Waals surface area contributed by atoms with Crippen LogP contribution in [0.1, 0.15) is 32.1 Å². The van der Waals surface area contributed by atoms with Gasteiger partial charge in [0.05, 0.1) is 12.7 Å². The largest absolute Gasteiger partial charge is 0.372 e. The number of ether oxygens (including phenoxy) is 1. The van der Waals surface area contributed by atoms with Gasteiger partial charge in [0.25, 0.3) is 0 Å². The third kappa shape index (κ3) is 1.22. The molecule has 0 aromatic carbocycles. The summed E-state index contributed by atoms with van der Waals surface area (Å²) in [5, 5.41) is 0. The van der Waals surface area contributed by atoms with Crippen LogP contribution in [0, 0.1) is 5.41 Å². The average molecular weight is 152 g/mol. The lowest BCUT2D eigenvalue weighted by molar-refractivity contribution is 0.188. The molecule has 11 heavy (non-hydrogen) atoms. The van der Waals surface area contributed by atoms with Gasteiger partial charge in [-0.2, -0.15) is 0 Å². The summed E-state index contributed by atoms with van der Waals surface area (Å²) in [6.45, 7) is 4.92. The van der Waals surface area contributed by atoms with Gasteiger partial charge in [-0.25, -0.2) is 0 Å². The predicted octanol–water partition coefficient (Wildman–Crippen LogP) is 2.52. The molecule has 2 fully saturated rings. The van der Waals surface area contributed by atoms with E-state index in [0.717, 1.165) is 6.61 Å². The van der Waals surface area contributed by atoms with Gasteiger partial charge in [-0.15, -0.1) is 6.58 Å². The Balaban J connectivity index is 2.06. The zero-order chi connectivity index (χ0) is 7.73. The highest BCUT2D eigenvalue weighted by Crippen LogP contribution is 2.45. The molecule has 1 saturated carbocycles. The molecular weight excluding hydrogens is 136 g/mol. The first-order valence-corrected chi connectivity index (χ1v) is 4.63. The number of rotatable bonds is 2. The predicted molar refractivity (Wildman–Crippen MR) is 45.5 cm³/mol. The zero-order valence-corrected chi connectivity index (χ0v) is 7.01. The maximum absolute atomic E-state index is 5.37. The third-order valence-electron chi connectivity index (χ3n) is 3.17. The van der Waals surface area contributed by atoms with Gasteiger partial charge < -0.3 is 4.74 Å². The SMILES string of the molecule is C=CC1(C2CO2)CCCCC1. The van der Waals surface area contributed by atoms with Crippen LogP contribution < -0.4 is 0 Å². The Kier molecular flexibility index (Phi) is 1.76. The highest BCUT2D eigenvalue weighted by Gasteiger charge is 2.44. The molecule has 1 nitrogen and oxygen atoms in total. The summed E-state index contributed by atoms with van der Waals surface area (Å²) in [6, 6.07) is 0. The lowest BCUT2D eigenvalue weighted by Gasteiger charge is -2.32. The van der Waals surface area contributed by atoms with E-state index in [4.69, 9.17) is 4.74 Å². The van der Waals surface area contributed by atoms with Gasteiger partial charge in [-0.3, -0.25) is 0 Å². The van der Waals surface area contributed by atoms with E-state index >= 15 is 0 Å². The number of hydrogen-bond donors (Lipinski definition) is 0. The molecule has 2 rings (SSSR count). The molecule has 1 heterocycles. The van der Waals surface area contributed by atoms with Gasteiger partial charge in [0, 0.05) is 5.41 Å². The standard InChI is InChI=1S/C10H16O/c1-2-10(9-8-11-9)6-4-3-5-7-10/h2,9H,1,3-8H2. The molecule has 1 unspecified atom stereocenters. The average Bonchev–Trinajstić information content (AvgIpc) is 2.88. The normalized spacial score (nSPS) is 34.7. The van der Waals surface area contributed by atoms with E-state index < -0.39 is 0 Å². The van der Waals surface area contributed by atoms with E-state index in [9.17, 15) is 0 Å². The summed E-state index contributed by atoms with van der Waals surface area (Å²) in [4.78, 5) is 0. The molecule has 0 N–H and O–H groups in total. The number of hydrogen-bond acceptors (Lipinski definition) is 1. The zero-order valence-electron chi connectivity index (χ0n) is 7.01. The van der Waals surface area contributed by atoms with Crippen molar-refractivity contribution in [2.24, 2.45) is 5.41 Å². The fourth-order valence-corrected chi connectivity index (χ4v) is 2.25. The molecule has 0 aromatic heterocycles. The molecule has 62 valence electrons. The Morgan fingerprint density at radius 3 is 2.36 bits per heavy atom. The lowest BCUT2D eigenvalue weighted by Crippen LogP contribution is -2.27. The van der Waals surface area contributed by atoms with Crippen LogP contribution >= 0.6 is 0 Å². The van der Waals surface area contributed by atoms with E-state index in [2.05, 4.69) is 12.7 Å². The van der Waals surface area contributed by atoms with Crippen LogP contribution in [0.25, 0.3) is 0 Å². The van der Waals surface area contributed by atoms with Crippen LogP contribution in [-0.2, 0) is 4.74 Å². The monoisotopic (exact) mass is 152 g/mol. The molecule has 0 spiro atoms. The second-order valence-electron chi connectivity index (χ2n) is 3.82. The lowest BCUT2D eigenvalue weighted by atomic mass is 9.72. The summed E-state index contributed by atoms with van der Waals surface area (Å²) in [5.74, 6) is 0. The minimum atomic E-state index is 0.373. The van der Waals surface area contributed by atoms with E-state index in [0.29, 0.717) is 11.5 Å². The van der Waals surface area contributed by atoms with Gasteiger partial charge in [0.2, 0.25) is 0 Å². The Morgan fingerprint density at radius 1 is 1.27 bits per heavy atom. The first kappa shape index (κ1) is 7.35. The Labute approximate surface area is 68.4 Å². The minimum Gasteiger partial charge on any atom is -0.372 e. The van der Waals surface area contributed by atoms with Crippen molar-refractivity contribution < 1.29 is 4.74 Å². The summed E-state index contributed by atoms with van der Waals surface area (Å²) in [6.07, 6.45) is 9.42. The van der Waals surface area contributed by atoms with E-state index in [1.165, 1.54) is 32.1 Å². The first-order chi connectivity index (χ1) is 5.37. The topological polar surface area (TPSA) is 12.5 Å². The number of epoxide rings is 1. The molecule has 1 aliphatic carbocycles. The van der Waals surface area contributed by atoms with Crippen molar-refractivity contribution in [3.8, 4) is 0 Å². The van der Waals surface area contributed by atoms with Crippen LogP contribution in [0.5, 0.6) is 0 Å². The van der Waals surface area contributed by atoms with Crippen molar-refractivity contribution in [1.29, 1.82) is 0 Å². The Bertz CT molecular complexity index is 152. The van der Waals surface area contributed by atoms with Crippen molar-refractivity contribution in [2.75, 3.05) is 6.61 Å². The van der Waals surface area contributed by atoms with Crippen LogP contribution in [-0.4, -0.2) is 12.7 Å². The van der Waals surface area contributed by atoms with Crippen molar-refractivity contribution in [3.63, 3.8) is 0 Å². The highest BCUT2D eigenvalue weighted by atomic mass is 16.6. The van der Waals surface area contributed by atoms with E-state index in [1.807, 2.05) is 0 Å². The fourth-order valence-electron chi connectivity index (χ4n) is 2.25. The Morgan fingerprint density at radius 2 is 1.91 bits per heavy atom. The molecule has 0 bridgehead atoms. The van der Waals surface area contributed by atoms with Crippen LogP contribution in [0.3, 0.4) is 0 Å². The van der Waals surface area contributed by atoms with Crippen molar-refractivity contribution in [2.45, 2.75) is 38.2 Å². The van der Waals surface area contributed by atoms with Crippen molar-refractivity contribution in [1.82, 2.24) is 0 Å². The van der Waals surface area contributed by atoms with E-state index in [-0.39, 0.29) is 0 Å². The second kappa shape index (κ2) is 2.63. The molecule has 1 heteroatoms. The van der Waals surface area contributed by atoms with Crippen LogP contribution in [0.4, 0.5) is 0 Å². The van der Waals surface area contributed by atoms with E-state index in [1.54, 1.807) is 0 Å². The maximum Gasteiger partial charge on any atom is 0.0900 e. The fraction of sp³-hybridized carbons (Fsp3) is 0.800. The molecule has 0 radical (unpaired) electrons. The maximum atomic E-state index is 5.37. The van der Waals surface area contributed by atoms with Crippen molar-refractivity contribution >= 4 is 0 Å². The third-order valence-corrected chi connectivity index (χ3v) is 3.17. The Hall–Kier alpha value is -0.300.